The van der Waals surface area contributed by atoms with Gasteiger partial charge in [-0.05, 0) is 48.8 Å². The number of benzene rings is 2. The molecule has 3 rings (SSSR count). The first-order valence-electron chi connectivity index (χ1n) is 8.95. The van der Waals surface area contributed by atoms with Crippen molar-refractivity contribution in [2.75, 3.05) is 19.6 Å². The van der Waals surface area contributed by atoms with Gasteiger partial charge in [0.2, 0.25) is 0 Å². The maximum atomic E-state index is 14.0. The maximum Gasteiger partial charge on any atom is 0.168 e. The molecule has 0 radical (unpaired) electrons. The lowest BCUT2D eigenvalue weighted by molar-refractivity contribution is 0.180. The van der Waals surface area contributed by atoms with Crippen LogP contribution in [0.25, 0.3) is 0 Å². The Morgan fingerprint density at radius 1 is 0.958 bits per heavy atom. The van der Waals surface area contributed by atoms with E-state index in [0.29, 0.717) is 12.0 Å². The molecule has 24 heavy (non-hydrogen) atoms. The van der Waals surface area contributed by atoms with E-state index in [4.69, 9.17) is 0 Å². The van der Waals surface area contributed by atoms with Gasteiger partial charge in [0, 0.05) is 19.6 Å². The van der Waals surface area contributed by atoms with Gasteiger partial charge in [-0.1, -0.05) is 48.9 Å². The Bertz CT molecular complexity index is 640. The summed E-state index contributed by atoms with van der Waals surface area (Å²) in [6, 6.07) is 15.4. The molecule has 128 valence electrons. The molecule has 3 heteroatoms. The first kappa shape index (κ1) is 17.0. The highest BCUT2D eigenvalue weighted by Crippen LogP contribution is 2.27. The fourth-order valence-electron chi connectivity index (χ4n) is 3.30. The molecule has 0 saturated heterocycles. The number of phenolic OH excluding ortho intramolecular Hbond substituents is 1. The molecular formula is C21H26FNO. The summed E-state index contributed by atoms with van der Waals surface area (Å²) in [5, 5.41) is 9.52. The first-order chi connectivity index (χ1) is 11.7. The first-order valence-corrected chi connectivity index (χ1v) is 8.95. The zero-order chi connectivity index (χ0) is 16.8. The summed E-state index contributed by atoms with van der Waals surface area (Å²) in [7, 11) is 0. The lowest BCUT2D eigenvalue weighted by atomic mass is 9.85. The second kappa shape index (κ2) is 8.29. The van der Waals surface area contributed by atoms with Crippen molar-refractivity contribution in [2.24, 2.45) is 5.92 Å². The minimum absolute atomic E-state index is 0.248. The highest BCUT2D eigenvalue weighted by Gasteiger charge is 2.21. The van der Waals surface area contributed by atoms with E-state index < -0.39 is 5.82 Å². The summed E-state index contributed by atoms with van der Waals surface area (Å²) < 4.78 is 14.0. The number of aromatic hydroxyl groups is 1. The van der Waals surface area contributed by atoms with Crippen molar-refractivity contribution in [2.45, 2.75) is 32.1 Å². The van der Waals surface area contributed by atoms with E-state index in [0.717, 1.165) is 32.0 Å². The fraction of sp³-hybridized carbons (Fsp3) is 0.429. The molecule has 2 aromatic rings. The van der Waals surface area contributed by atoms with Crippen LogP contribution >= 0.6 is 0 Å². The third-order valence-corrected chi connectivity index (χ3v) is 5.06. The summed E-state index contributed by atoms with van der Waals surface area (Å²) in [5.74, 6) is 0.0845. The lowest BCUT2D eigenvalue weighted by Gasteiger charge is -2.32. The van der Waals surface area contributed by atoms with Crippen molar-refractivity contribution >= 4 is 0 Å². The van der Waals surface area contributed by atoms with E-state index in [1.807, 2.05) is 6.07 Å². The second-order valence-electron chi connectivity index (χ2n) is 6.83. The summed E-state index contributed by atoms with van der Waals surface area (Å²) in [6.45, 7) is 2.94. The third kappa shape index (κ3) is 4.57. The number of halogens is 1. The van der Waals surface area contributed by atoms with Crippen LogP contribution in [0, 0.1) is 11.7 Å². The molecule has 0 unspecified atom stereocenters. The Kier molecular flexibility index (Phi) is 5.86. The smallest absolute Gasteiger partial charge is 0.168 e. The Morgan fingerprint density at radius 2 is 1.71 bits per heavy atom. The van der Waals surface area contributed by atoms with Crippen molar-refractivity contribution in [1.29, 1.82) is 0 Å². The van der Waals surface area contributed by atoms with E-state index in [9.17, 15) is 9.50 Å². The molecule has 1 saturated carbocycles. The summed E-state index contributed by atoms with van der Waals surface area (Å²) in [4.78, 5) is 2.46. The molecule has 0 spiro atoms. The lowest BCUT2D eigenvalue weighted by Crippen LogP contribution is -2.35. The Labute approximate surface area is 143 Å². The molecule has 1 fully saturated rings. The van der Waals surface area contributed by atoms with Gasteiger partial charge in [0.25, 0.3) is 0 Å². The average Bonchev–Trinajstić information content (AvgIpc) is 2.57. The van der Waals surface area contributed by atoms with Crippen molar-refractivity contribution in [3.8, 4) is 5.75 Å². The zero-order valence-electron chi connectivity index (χ0n) is 14.1. The molecule has 0 atom stereocenters. The van der Waals surface area contributed by atoms with E-state index in [2.05, 4.69) is 29.2 Å². The van der Waals surface area contributed by atoms with Gasteiger partial charge in [-0.3, -0.25) is 0 Å². The van der Waals surface area contributed by atoms with Crippen LogP contribution in [-0.2, 0) is 12.8 Å². The Hall–Kier alpha value is -1.87. The second-order valence-corrected chi connectivity index (χ2v) is 6.83. The third-order valence-electron chi connectivity index (χ3n) is 5.06. The predicted octanol–water partition coefficient (Wildman–Crippen LogP) is 4.42. The van der Waals surface area contributed by atoms with E-state index in [1.54, 1.807) is 12.1 Å². The number of rotatable bonds is 8. The molecule has 0 heterocycles. The normalized spacial score (nSPS) is 14.8. The van der Waals surface area contributed by atoms with Crippen LogP contribution in [0.15, 0.2) is 48.5 Å². The summed E-state index contributed by atoms with van der Waals surface area (Å²) in [5.41, 5.74) is 1.95. The largest absolute Gasteiger partial charge is 0.505 e. The topological polar surface area (TPSA) is 23.5 Å². The van der Waals surface area contributed by atoms with Crippen molar-refractivity contribution in [3.63, 3.8) is 0 Å². The van der Waals surface area contributed by atoms with Crippen LogP contribution in [0.1, 0.15) is 30.4 Å². The Balaban J connectivity index is 1.58. The van der Waals surface area contributed by atoms with Gasteiger partial charge in [0.05, 0.1) is 0 Å². The van der Waals surface area contributed by atoms with Gasteiger partial charge in [0.1, 0.15) is 0 Å². The number of hydrogen-bond acceptors (Lipinski definition) is 2. The SMILES string of the molecule is Oc1cccc(CCN(CCc2ccccc2)CC2CCC2)c1F. The van der Waals surface area contributed by atoms with Crippen LogP contribution in [-0.4, -0.2) is 29.6 Å². The highest BCUT2D eigenvalue weighted by molar-refractivity contribution is 5.30. The van der Waals surface area contributed by atoms with E-state index in [1.165, 1.54) is 30.9 Å². The van der Waals surface area contributed by atoms with Gasteiger partial charge < -0.3 is 10.0 Å². The molecule has 1 aliphatic rings. The van der Waals surface area contributed by atoms with Crippen molar-refractivity contribution in [1.82, 2.24) is 4.90 Å². The monoisotopic (exact) mass is 327 g/mol. The van der Waals surface area contributed by atoms with Gasteiger partial charge in [-0.2, -0.15) is 0 Å². The quantitative estimate of drug-likeness (QED) is 0.776. The molecule has 0 bridgehead atoms. The maximum absolute atomic E-state index is 14.0. The van der Waals surface area contributed by atoms with Crippen LogP contribution < -0.4 is 0 Å². The van der Waals surface area contributed by atoms with Gasteiger partial charge in [0.15, 0.2) is 11.6 Å². The van der Waals surface area contributed by atoms with Crippen molar-refractivity contribution < 1.29 is 9.50 Å². The molecule has 1 N–H and O–H groups in total. The average molecular weight is 327 g/mol. The summed E-state index contributed by atoms with van der Waals surface area (Å²) >= 11 is 0. The van der Waals surface area contributed by atoms with E-state index >= 15 is 0 Å². The number of nitrogens with zero attached hydrogens (tertiary/aromatic N) is 1. The molecule has 2 nitrogen and oxygen atoms in total. The minimum Gasteiger partial charge on any atom is -0.505 e. The van der Waals surface area contributed by atoms with Crippen LogP contribution in [0.5, 0.6) is 5.75 Å². The van der Waals surface area contributed by atoms with Crippen LogP contribution in [0.2, 0.25) is 0 Å². The molecule has 2 aromatic carbocycles. The molecule has 0 aliphatic heterocycles. The predicted molar refractivity (Wildman–Crippen MR) is 95.7 cm³/mol. The van der Waals surface area contributed by atoms with Crippen LogP contribution in [0.3, 0.4) is 0 Å². The number of phenols is 1. The fourth-order valence-corrected chi connectivity index (χ4v) is 3.30. The molecule has 0 amide bonds. The van der Waals surface area contributed by atoms with Gasteiger partial charge in [-0.25, -0.2) is 4.39 Å². The summed E-state index contributed by atoms with van der Waals surface area (Å²) in [6.07, 6.45) is 5.65. The van der Waals surface area contributed by atoms with E-state index in [-0.39, 0.29) is 5.75 Å². The molecule has 0 aromatic heterocycles. The van der Waals surface area contributed by atoms with Gasteiger partial charge >= 0.3 is 0 Å². The standard InChI is InChI=1S/C21H26FNO/c22-21-19(10-5-11-20(21)24)13-15-23(16-18-8-4-9-18)14-12-17-6-2-1-3-7-17/h1-3,5-7,10-11,18,24H,4,8-9,12-16H2. The number of hydrogen-bond donors (Lipinski definition) is 1. The molecular weight excluding hydrogens is 301 g/mol. The molecule has 1 aliphatic carbocycles. The van der Waals surface area contributed by atoms with Crippen molar-refractivity contribution in [3.05, 3.63) is 65.5 Å². The zero-order valence-corrected chi connectivity index (χ0v) is 14.1. The Morgan fingerprint density at radius 3 is 2.42 bits per heavy atom. The van der Waals surface area contributed by atoms with Crippen LogP contribution in [0.4, 0.5) is 4.39 Å². The minimum atomic E-state index is -0.468. The van der Waals surface area contributed by atoms with Gasteiger partial charge in [-0.15, -0.1) is 0 Å². The highest BCUT2D eigenvalue weighted by atomic mass is 19.1.